The van der Waals surface area contributed by atoms with Crippen LogP contribution in [-0.4, -0.2) is 18.4 Å². The molecule has 0 saturated carbocycles. The number of rotatable bonds is 4. The Morgan fingerprint density at radius 1 is 1.00 bits per heavy atom. The Balaban J connectivity index is 2.33. The lowest BCUT2D eigenvalue weighted by atomic mass is 9.96. The second-order valence-electron chi connectivity index (χ2n) is 4.62. The maximum absolute atomic E-state index is 12.1. The highest BCUT2D eigenvalue weighted by Gasteiger charge is 2.13. The van der Waals surface area contributed by atoms with E-state index in [1.807, 2.05) is 43.3 Å². The molecule has 0 N–H and O–H groups in total. The number of esters is 1. The van der Waals surface area contributed by atoms with Crippen molar-refractivity contribution in [1.29, 1.82) is 0 Å². The van der Waals surface area contributed by atoms with Crippen molar-refractivity contribution in [3.05, 3.63) is 59.7 Å². The molecule has 0 unspecified atom stereocenters. The molecule has 0 heterocycles. The van der Waals surface area contributed by atoms with Crippen LogP contribution in [0.1, 0.15) is 22.8 Å². The van der Waals surface area contributed by atoms with Crippen LogP contribution in [0, 0.1) is 6.92 Å². The van der Waals surface area contributed by atoms with Crippen LogP contribution < -0.4 is 0 Å². The van der Waals surface area contributed by atoms with Crippen LogP contribution in [0.15, 0.2) is 48.5 Å². The van der Waals surface area contributed by atoms with Crippen LogP contribution in [0.3, 0.4) is 0 Å². The quantitative estimate of drug-likeness (QED) is 0.630. The first kappa shape index (κ1) is 14.0. The van der Waals surface area contributed by atoms with E-state index in [-0.39, 0.29) is 12.4 Å². The minimum atomic E-state index is -0.453. The van der Waals surface area contributed by atoms with Gasteiger partial charge in [0.2, 0.25) is 5.78 Å². The molecule has 20 heavy (non-hydrogen) atoms. The number of benzene rings is 2. The molecule has 0 atom stereocenters. The molecular formula is C17H16O3. The van der Waals surface area contributed by atoms with Gasteiger partial charge < -0.3 is 4.74 Å². The van der Waals surface area contributed by atoms with Gasteiger partial charge in [0.1, 0.15) is 0 Å². The van der Waals surface area contributed by atoms with E-state index in [4.69, 9.17) is 4.74 Å². The molecule has 3 nitrogen and oxygen atoms in total. The monoisotopic (exact) mass is 268 g/mol. The summed E-state index contributed by atoms with van der Waals surface area (Å²) in [7, 11) is 0. The molecule has 0 aliphatic rings. The van der Waals surface area contributed by atoms with Crippen LogP contribution in [0.5, 0.6) is 0 Å². The maximum atomic E-state index is 12.1. The van der Waals surface area contributed by atoms with Gasteiger partial charge in [0.15, 0.2) is 6.61 Å². The molecule has 0 amide bonds. The predicted molar refractivity (Wildman–Crippen MR) is 77.6 cm³/mol. The summed E-state index contributed by atoms with van der Waals surface area (Å²) in [5.41, 5.74) is 3.56. The van der Waals surface area contributed by atoms with Gasteiger partial charge in [-0.3, -0.25) is 9.59 Å². The first-order chi connectivity index (χ1) is 9.58. The van der Waals surface area contributed by atoms with E-state index in [1.54, 1.807) is 12.1 Å². The molecule has 102 valence electrons. The summed E-state index contributed by atoms with van der Waals surface area (Å²) in [5.74, 6) is -0.650. The lowest BCUT2D eigenvalue weighted by molar-refractivity contribution is -0.139. The van der Waals surface area contributed by atoms with E-state index < -0.39 is 5.97 Å². The van der Waals surface area contributed by atoms with Crippen LogP contribution in [0.2, 0.25) is 0 Å². The van der Waals surface area contributed by atoms with Crippen molar-refractivity contribution in [2.24, 2.45) is 0 Å². The van der Waals surface area contributed by atoms with Gasteiger partial charge in [-0.1, -0.05) is 54.1 Å². The number of carbonyl (C=O) groups excluding carboxylic acids is 2. The third-order valence-corrected chi connectivity index (χ3v) is 3.00. The molecule has 0 aliphatic carbocycles. The van der Waals surface area contributed by atoms with Gasteiger partial charge in [-0.25, -0.2) is 0 Å². The zero-order chi connectivity index (χ0) is 14.5. The van der Waals surface area contributed by atoms with Crippen molar-refractivity contribution in [1.82, 2.24) is 0 Å². The molecular weight excluding hydrogens is 252 g/mol. The van der Waals surface area contributed by atoms with Gasteiger partial charge >= 0.3 is 5.97 Å². The number of ether oxygens (including phenoxy) is 1. The number of carbonyl (C=O) groups is 2. The van der Waals surface area contributed by atoms with E-state index in [0.29, 0.717) is 5.56 Å². The summed E-state index contributed by atoms with van der Waals surface area (Å²) in [6, 6.07) is 15.3. The Morgan fingerprint density at radius 2 is 1.65 bits per heavy atom. The van der Waals surface area contributed by atoms with Gasteiger partial charge in [0.05, 0.1) is 0 Å². The lowest BCUT2D eigenvalue weighted by Crippen LogP contribution is -2.12. The van der Waals surface area contributed by atoms with Gasteiger partial charge in [0.25, 0.3) is 0 Å². The fourth-order valence-electron chi connectivity index (χ4n) is 1.96. The van der Waals surface area contributed by atoms with Crippen molar-refractivity contribution >= 4 is 11.8 Å². The molecule has 2 aromatic rings. The number of ketones is 1. The second-order valence-corrected chi connectivity index (χ2v) is 4.62. The lowest BCUT2D eigenvalue weighted by Gasteiger charge is -2.09. The molecule has 0 bridgehead atoms. The summed E-state index contributed by atoms with van der Waals surface area (Å²) in [6.07, 6.45) is 0. The van der Waals surface area contributed by atoms with Crippen LogP contribution in [0.4, 0.5) is 0 Å². The van der Waals surface area contributed by atoms with E-state index >= 15 is 0 Å². The maximum Gasteiger partial charge on any atom is 0.303 e. The smallest absolute Gasteiger partial charge is 0.303 e. The standard InChI is InChI=1S/C17H16O3/c1-12-7-9-14(10-8-12)15-5-3-4-6-16(15)17(19)11-20-13(2)18/h3-10H,11H2,1-2H3. The van der Waals surface area contributed by atoms with Crippen molar-refractivity contribution < 1.29 is 14.3 Å². The van der Waals surface area contributed by atoms with E-state index in [9.17, 15) is 9.59 Å². The summed E-state index contributed by atoms with van der Waals surface area (Å²) in [5, 5.41) is 0. The zero-order valence-corrected chi connectivity index (χ0v) is 11.6. The highest BCUT2D eigenvalue weighted by molar-refractivity contribution is 6.03. The van der Waals surface area contributed by atoms with Crippen LogP contribution in [0.25, 0.3) is 11.1 Å². The molecule has 0 saturated heterocycles. The molecule has 3 heteroatoms. The number of aryl methyl sites for hydroxylation is 1. The molecule has 2 aromatic carbocycles. The summed E-state index contributed by atoms with van der Waals surface area (Å²) >= 11 is 0. The number of hydrogen-bond acceptors (Lipinski definition) is 3. The third kappa shape index (κ3) is 3.32. The minimum absolute atomic E-state index is 0.198. The largest absolute Gasteiger partial charge is 0.457 e. The van der Waals surface area contributed by atoms with E-state index in [1.165, 1.54) is 6.92 Å². The fourth-order valence-corrected chi connectivity index (χ4v) is 1.96. The average molecular weight is 268 g/mol. The van der Waals surface area contributed by atoms with Crippen molar-refractivity contribution in [3.8, 4) is 11.1 Å². The first-order valence-electron chi connectivity index (χ1n) is 6.40. The van der Waals surface area contributed by atoms with Crippen molar-refractivity contribution in [3.63, 3.8) is 0 Å². The summed E-state index contributed by atoms with van der Waals surface area (Å²) in [6.45, 7) is 3.08. The third-order valence-electron chi connectivity index (χ3n) is 3.00. The molecule has 0 radical (unpaired) electrons. The summed E-state index contributed by atoms with van der Waals surface area (Å²) in [4.78, 5) is 22.9. The molecule has 2 rings (SSSR count). The topological polar surface area (TPSA) is 43.4 Å². The average Bonchev–Trinajstić information content (AvgIpc) is 2.45. The number of Topliss-reactive ketones (excluding diaryl/α,β-unsaturated/α-hetero) is 1. The fraction of sp³-hybridized carbons (Fsp3) is 0.176. The molecule has 0 fully saturated rings. The Bertz CT molecular complexity index is 627. The Labute approximate surface area is 118 Å². The molecule has 0 spiro atoms. The van der Waals surface area contributed by atoms with Crippen molar-refractivity contribution in [2.75, 3.05) is 6.61 Å². The Hall–Kier alpha value is -2.42. The minimum Gasteiger partial charge on any atom is -0.457 e. The van der Waals surface area contributed by atoms with Gasteiger partial charge in [0, 0.05) is 12.5 Å². The second kappa shape index (κ2) is 6.15. The van der Waals surface area contributed by atoms with Gasteiger partial charge in [-0.15, -0.1) is 0 Å². The summed E-state index contributed by atoms with van der Waals surface area (Å²) < 4.78 is 4.78. The Kier molecular flexibility index (Phi) is 4.31. The SMILES string of the molecule is CC(=O)OCC(=O)c1ccccc1-c1ccc(C)cc1. The van der Waals surface area contributed by atoms with E-state index in [2.05, 4.69) is 0 Å². The molecule has 0 aromatic heterocycles. The van der Waals surface area contributed by atoms with E-state index in [0.717, 1.165) is 16.7 Å². The highest BCUT2D eigenvalue weighted by Crippen LogP contribution is 2.24. The Morgan fingerprint density at radius 3 is 2.30 bits per heavy atom. The van der Waals surface area contributed by atoms with Crippen LogP contribution in [-0.2, 0) is 9.53 Å². The zero-order valence-electron chi connectivity index (χ0n) is 11.6. The number of hydrogen-bond donors (Lipinski definition) is 0. The first-order valence-corrected chi connectivity index (χ1v) is 6.40. The van der Waals surface area contributed by atoms with Crippen molar-refractivity contribution in [2.45, 2.75) is 13.8 Å². The van der Waals surface area contributed by atoms with Crippen LogP contribution >= 0.6 is 0 Å². The highest BCUT2D eigenvalue weighted by atomic mass is 16.5. The van der Waals surface area contributed by atoms with Gasteiger partial charge in [-0.05, 0) is 18.1 Å². The molecule has 0 aliphatic heterocycles. The van der Waals surface area contributed by atoms with Gasteiger partial charge in [-0.2, -0.15) is 0 Å². The normalized spacial score (nSPS) is 10.1. The predicted octanol–water partition coefficient (Wildman–Crippen LogP) is 3.41.